The number of hydrogen-bond acceptors (Lipinski definition) is 5. The van der Waals surface area contributed by atoms with Crippen LogP contribution in [-0.2, 0) is 14.8 Å². The van der Waals surface area contributed by atoms with Gasteiger partial charge < -0.3 is 14.4 Å². The molecule has 0 atom stereocenters. The number of sulfonamides is 1. The lowest BCUT2D eigenvalue weighted by Gasteiger charge is -2.16. The van der Waals surface area contributed by atoms with Gasteiger partial charge in [-0.25, -0.2) is 13.1 Å². The Balaban J connectivity index is 2.11. The predicted octanol–water partition coefficient (Wildman–Crippen LogP) is 0.604. The van der Waals surface area contributed by atoms with Crippen molar-refractivity contribution < 1.29 is 22.7 Å². The molecule has 0 bridgehead atoms. The summed E-state index contributed by atoms with van der Waals surface area (Å²) in [4.78, 5) is 13.6. The van der Waals surface area contributed by atoms with Crippen LogP contribution in [0.1, 0.15) is 12.8 Å². The predicted molar refractivity (Wildman–Crippen MR) is 80.5 cm³/mol. The smallest absolute Gasteiger partial charge is 0.244 e. The highest BCUT2D eigenvalue weighted by Gasteiger charge is 2.23. The van der Waals surface area contributed by atoms with Gasteiger partial charge in [0.25, 0.3) is 0 Å². The van der Waals surface area contributed by atoms with Gasteiger partial charge in [0.05, 0.1) is 20.8 Å². The molecule has 7 nitrogen and oxygen atoms in total. The van der Waals surface area contributed by atoms with Crippen molar-refractivity contribution in [1.82, 2.24) is 9.62 Å². The Bertz CT molecular complexity index is 639. The molecule has 0 aromatic heterocycles. The molecular formula is C14H20N2O5S. The second-order valence-corrected chi connectivity index (χ2v) is 6.66. The maximum absolute atomic E-state index is 12.3. The maximum atomic E-state index is 12.3. The molecular weight excluding hydrogens is 308 g/mol. The Morgan fingerprint density at radius 2 is 1.91 bits per heavy atom. The normalized spacial score (nSPS) is 14.9. The van der Waals surface area contributed by atoms with Crippen molar-refractivity contribution in [2.24, 2.45) is 0 Å². The molecule has 0 unspecified atom stereocenters. The SMILES string of the molecule is COc1ccc(S(=O)(=O)NCC(=O)N2CCCC2)c(OC)c1. The zero-order valence-corrected chi connectivity index (χ0v) is 13.5. The average Bonchev–Trinajstić information content (AvgIpc) is 3.06. The molecule has 22 heavy (non-hydrogen) atoms. The molecule has 1 fully saturated rings. The Morgan fingerprint density at radius 3 is 2.50 bits per heavy atom. The van der Waals surface area contributed by atoms with Gasteiger partial charge in [-0.15, -0.1) is 0 Å². The first-order valence-electron chi connectivity index (χ1n) is 6.97. The zero-order valence-electron chi connectivity index (χ0n) is 12.7. The van der Waals surface area contributed by atoms with Crippen molar-refractivity contribution in [2.75, 3.05) is 33.9 Å². The van der Waals surface area contributed by atoms with Gasteiger partial charge in [0, 0.05) is 19.2 Å². The molecule has 1 amide bonds. The monoisotopic (exact) mass is 328 g/mol. The second kappa shape index (κ2) is 6.97. The van der Waals surface area contributed by atoms with E-state index >= 15 is 0 Å². The van der Waals surface area contributed by atoms with E-state index in [2.05, 4.69) is 4.72 Å². The summed E-state index contributed by atoms with van der Waals surface area (Å²) in [6.07, 6.45) is 1.93. The number of nitrogens with zero attached hydrogens (tertiary/aromatic N) is 1. The van der Waals surface area contributed by atoms with Gasteiger partial charge in [-0.3, -0.25) is 4.79 Å². The lowest BCUT2D eigenvalue weighted by molar-refractivity contribution is -0.128. The van der Waals surface area contributed by atoms with Gasteiger partial charge in [-0.1, -0.05) is 0 Å². The zero-order chi connectivity index (χ0) is 16.2. The largest absolute Gasteiger partial charge is 0.497 e. The minimum atomic E-state index is -3.83. The van der Waals surface area contributed by atoms with E-state index in [4.69, 9.17) is 9.47 Å². The van der Waals surface area contributed by atoms with Crippen molar-refractivity contribution in [1.29, 1.82) is 0 Å². The Kier molecular flexibility index (Phi) is 5.25. The van der Waals surface area contributed by atoms with Crippen LogP contribution in [0.25, 0.3) is 0 Å². The van der Waals surface area contributed by atoms with E-state index < -0.39 is 10.0 Å². The number of benzene rings is 1. The molecule has 1 aromatic rings. The quantitative estimate of drug-likeness (QED) is 0.827. The molecule has 0 saturated carbocycles. The molecule has 122 valence electrons. The average molecular weight is 328 g/mol. The minimum absolute atomic E-state index is 0.0231. The number of carbonyl (C=O) groups is 1. The van der Waals surface area contributed by atoms with Gasteiger partial charge in [0.2, 0.25) is 15.9 Å². The van der Waals surface area contributed by atoms with Crippen LogP contribution in [0.15, 0.2) is 23.1 Å². The Hall–Kier alpha value is -1.80. The second-order valence-electron chi connectivity index (χ2n) is 4.93. The molecule has 0 spiro atoms. The fourth-order valence-electron chi connectivity index (χ4n) is 2.31. The molecule has 0 radical (unpaired) electrons. The van der Waals surface area contributed by atoms with Gasteiger partial charge >= 0.3 is 0 Å². The highest BCUT2D eigenvalue weighted by molar-refractivity contribution is 7.89. The lowest BCUT2D eigenvalue weighted by Crippen LogP contribution is -2.38. The first-order chi connectivity index (χ1) is 10.5. The number of methoxy groups -OCH3 is 2. The van der Waals surface area contributed by atoms with Gasteiger partial charge in [0.15, 0.2) is 0 Å². The third-order valence-corrected chi connectivity index (χ3v) is 4.97. The van der Waals surface area contributed by atoms with Crippen molar-refractivity contribution in [3.05, 3.63) is 18.2 Å². The molecule has 1 aliphatic rings. The molecule has 0 aliphatic carbocycles. The van der Waals surface area contributed by atoms with E-state index in [1.165, 1.54) is 32.4 Å². The summed E-state index contributed by atoms with van der Waals surface area (Å²) in [7, 11) is -0.970. The van der Waals surface area contributed by atoms with E-state index in [9.17, 15) is 13.2 Å². The van der Waals surface area contributed by atoms with Gasteiger partial charge in [-0.2, -0.15) is 0 Å². The fraction of sp³-hybridized carbons (Fsp3) is 0.500. The van der Waals surface area contributed by atoms with Crippen molar-refractivity contribution >= 4 is 15.9 Å². The summed E-state index contributed by atoms with van der Waals surface area (Å²) in [5.41, 5.74) is 0. The van der Waals surface area contributed by atoms with Crippen LogP contribution in [0.4, 0.5) is 0 Å². The third kappa shape index (κ3) is 3.69. The molecule has 2 rings (SSSR count). The number of ether oxygens (including phenoxy) is 2. The van der Waals surface area contributed by atoms with E-state index in [0.717, 1.165) is 12.8 Å². The van der Waals surface area contributed by atoms with Gasteiger partial charge in [0.1, 0.15) is 16.4 Å². The fourth-order valence-corrected chi connectivity index (χ4v) is 3.43. The summed E-state index contributed by atoms with van der Waals surface area (Å²) in [5, 5.41) is 0. The van der Waals surface area contributed by atoms with E-state index in [1.54, 1.807) is 4.90 Å². The van der Waals surface area contributed by atoms with Crippen LogP contribution in [0.2, 0.25) is 0 Å². The molecule has 1 aromatic carbocycles. The topological polar surface area (TPSA) is 84.9 Å². The van der Waals surface area contributed by atoms with E-state index in [-0.39, 0.29) is 23.1 Å². The van der Waals surface area contributed by atoms with Crippen molar-refractivity contribution in [3.8, 4) is 11.5 Å². The number of nitrogens with one attached hydrogen (secondary N) is 1. The minimum Gasteiger partial charge on any atom is -0.497 e. The van der Waals surface area contributed by atoms with Crippen molar-refractivity contribution in [3.63, 3.8) is 0 Å². The Labute approximate surface area is 130 Å². The van der Waals surface area contributed by atoms with Gasteiger partial charge in [-0.05, 0) is 25.0 Å². The molecule has 1 N–H and O–H groups in total. The summed E-state index contributed by atoms with van der Waals surface area (Å²) in [5.74, 6) is 0.443. The standard InChI is InChI=1S/C14H20N2O5S/c1-20-11-5-6-13(12(9-11)21-2)22(18,19)15-10-14(17)16-7-3-4-8-16/h5-6,9,15H,3-4,7-8,10H2,1-2H3. The third-order valence-electron chi connectivity index (χ3n) is 3.53. The van der Waals surface area contributed by atoms with Crippen LogP contribution in [-0.4, -0.2) is 53.1 Å². The van der Waals surface area contributed by atoms with E-state index in [1.807, 2.05) is 0 Å². The number of rotatable bonds is 6. The number of carbonyl (C=O) groups excluding carboxylic acids is 1. The van der Waals surface area contributed by atoms with Crippen LogP contribution < -0.4 is 14.2 Å². The molecule has 8 heteroatoms. The number of likely N-dealkylation sites (tertiary alicyclic amines) is 1. The summed E-state index contributed by atoms with van der Waals surface area (Å²) in [6.45, 7) is 1.12. The summed E-state index contributed by atoms with van der Waals surface area (Å²) < 4.78 is 37.1. The first kappa shape index (κ1) is 16.6. The highest BCUT2D eigenvalue weighted by Crippen LogP contribution is 2.28. The van der Waals surface area contributed by atoms with Crippen LogP contribution in [0, 0.1) is 0 Å². The maximum Gasteiger partial charge on any atom is 0.244 e. The van der Waals surface area contributed by atoms with Crippen molar-refractivity contribution in [2.45, 2.75) is 17.7 Å². The van der Waals surface area contributed by atoms with Crippen LogP contribution in [0.3, 0.4) is 0 Å². The molecule has 1 saturated heterocycles. The lowest BCUT2D eigenvalue weighted by atomic mass is 10.3. The summed E-state index contributed by atoms with van der Waals surface area (Å²) >= 11 is 0. The molecule has 1 aliphatic heterocycles. The number of amides is 1. The number of hydrogen-bond donors (Lipinski definition) is 1. The Morgan fingerprint density at radius 1 is 1.23 bits per heavy atom. The highest BCUT2D eigenvalue weighted by atomic mass is 32.2. The van der Waals surface area contributed by atoms with Crippen LogP contribution in [0.5, 0.6) is 11.5 Å². The summed E-state index contributed by atoms with van der Waals surface area (Å²) in [6, 6.07) is 4.40. The first-order valence-corrected chi connectivity index (χ1v) is 8.45. The van der Waals surface area contributed by atoms with Crippen LogP contribution >= 0.6 is 0 Å². The van der Waals surface area contributed by atoms with E-state index in [0.29, 0.717) is 18.8 Å². The molecule has 1 heterocycles.